The molecule has 3 rings (SSSR count). The molecule has 0 atom stereocenters. The van der Waals surface area contributed by atoms with Crippen molar-refractivity contribution in [3.8, 4) is 5.75 Å². The zero-order valence-corrected chi connectivity index (χ0v) is 18.9. The van der Waals surface area contributed by atoms with Gasteiger partial charge in [-0.15, -0.1) is 0 Å². The third kappa shape index (κ3) is 5.98. The minimum absolute atomic E-state index is 0.0443. The summed E-state index contributed by atoms with van der Waals surface area (Å²) in [4.78, 5) is 23.9. The molecule has 9 nitrogen and oxygen atoms in total. The Bertz CT molecular complexity index is 1070. The van der Waals surface area contributed by atoms with Crippen LogP contribution in [0, 0.1) is 0 Å². The number of carbonyl (C=O) groups is 2. The van der Waals surface area contributed by atoms with Crippen molar-refractivity contribution in [2.24, 2.45) is 0 Å². The van der Waals surface area contributed by atoms with Gasteiger partial charge in [0.1, 0.15) is 5.75 Å². The third-order valence-corrected chi connectivity index (χ3v) is 6.74. The molecular weight excluding hydrogens is 460 g/mol. The molecule has 1 saturated heterocycles. The van der Waals surface area contributed by atoms with Crippen LogP contribution in [-0.2, 0) is 24.3 Å². The van der Waals surface area contributed by atoms with Crippen LogP contribution in [0.5, 0.6) is 5.75 Å². The molecule has 11 heteroatoms. The van der Waals surface area contributed by atoms with Crippen LogP contribution >= 0.6 is 11.6 Å². The Balaban J connectivity index is 1.57. The van der Waals surface area contributed by atoms with Gasteiger partial charge in [0.25, 0.3) is 5.91 Å². The van der Waals surface area contributed by atoms with E-state index >= 15 is 0 Å². The fourth-order valence-electron chi connectivity index (χ4n) is 2.94. The molecule has 0 radical (unpaired) electrons. The Labute approximate surface area is 191 Å². The lowest BCUT2D eigenvalue weighted by Gasteiger charge is -2.26. The van der Waals surface area contributed by atoms with E-state index in [4.69, 9.17) is 25.8 Å². The van der Waals surface area contributed by atoms with Crippen molar-refractivity contribution in [2.75, 3.05) is 44.8 Å². The lowest BCUT2D eigenvalue weighted by atomic mass is 10.2. The summed E-state index contributed by atoms with van der Waals surface area (Å²) >= 11 is 6.18. The van der Waals surface area contributed by atoms with Crippen molar-refractivity contribution < 1.29 is 32.2 Å². The molecule has 1 aliphatic rings. The fraction of sp³-hybridized carbons (Fsp3) is 0.333. The van der Waals surface area contributed by atoms with Crippen molar-refractivity contribution in [3.05, 3.63) is 53.1 Å². The Morgan fingerprint density at radius 1 is 1.12 bits per heavy atom. The number of ether oxygens (including phenoxy) is 3. The smallest absolute Gasteiger partial charge is 0.338 e. The number of hydrogen-bond acceptors (Lipinski definition) is 7. The molecule has 1 heterocycles. The molecule has 0 unspecified atom stereocenters. The molecule has 1 fully saturated rings. The number of hydrogen-bond donors (Lipinski definition) is 1. The molecule has 2 aromatic rings. The van der Waals surface area contributed by atoms with E-state index < -0.39 is 21.9 Å². The van der Waals surface area contributed by atoms with Gasteiger partial charge in [-0.25, -0.2) is 13.2 Å². The highest BCUT2D eigenvalue weighted by molar-refractivity contribution is 7.89. The normalized spacial score (nSPS) is 14.6. The van der Waals surface area contributed by atoms with E-state index in [-0.39, 0.29) is 42.0 Å². The fourth-order valence-corrected chi connectivity index (χ4v) is 4.67. The molecule has 1 amide bonds. The average Bonchev–Trinajstić information content (AvgIpc) is 2.79. The number of esters is 1. The van der Waals surface area contributed by atoms with Gasteiger partial charge in [-0.1, -0.05) is 11.6 Å². The first-order valence-corrected chi connectivity index (χ1v) is 11.7. The summed E-state index contributed by atoms with van der Waals surface area (Å²) in [6, 6.07) is 10.3. The quantitative estimate of drug-likeness (QED) is 0.575. The molecule has 0 bridgehead atoms. The van der Waals surface area contributed by atoms with Gasteiger partial charge in [0.15, 0.2) is 6.61 Å². The Morgan fingerprint density at radius 2 is 1.81 bits per heavy atom. The van der Waals surface area contributed by atoms with E-state index in [9.17, 15) is 18.0 Å². The highest BCUT2D eigenvalue weighted by Gasteiger charge is 2.27. The van der Waals surface area contributed by atoms with Crippen LogP contribution in [0.15, 0.2) is 47.4 Å². The number of morpholine rings is 1. The van der Waals surface area contributed by atoms with E-state index in [2.05, 4.69) is 5.32 Å². The molecule has 0 spiro atoms. The number of carbonyl (C=O) groups excluding carboxylic acids is 2. The predicted octanol–water partition coefficient (Wildman–Crippen LogP) is 2.56. The van der Waals surface area contributed by atoms with Crippen molar-refractivity contribution in [2.45, 2.75) is 11.8 Å². The topological polar surface area (TPSA) is 111 Å². The minimum Gasteiger partial charge on any atom is -0.482 e. The average molecular weight is 483 g/mol. The number of halogens is 1. The summed E-state index contributed by atoms with van der Waals surface area (Å²) < 4.78 is 42.3. The standard InChI is InChI=1S/C21H23ClN2O7S/c1-2-30-21(26)15-3-5-16(6-4-15)23-20(25)14-31-19-8-7-17(13-18(19)22)32(27,28)24-9-11-29-12-10-24/h3-8,13H,2,9-12,14H2,1H3,(H,23,25). The van der Waals surface area contributed by atoms with Crippen molar-refractivity contribution in [1.82, 2.24) is 4.31 Å². The van der Waals surface area contributed by atoms with E-state index in [1.165, 1.54) is 22.5 Å². The summed E-state index contributed by atoms with van der Waals surface area (Å²) in [6.07, 6.45) is 0. The number of sulfonamides is 1. The molecule has 1 N–H and O–H groups in total. The lowest BCUT2D eigenvalue weighted by molar-refractivity contribution is -0.118. The molecular formula is C21H23ClN2O7S. The van der Waals surface area contributed by atoms with Gasteiger partial charge in [-0.3, -0.25) is 4.79 Å². The van der Waals surface area contributed by atoms with E-state index in [0.717, 1.165) is 0 Å². The van der Waals surface area contributed by atoms with Crippen LogP contribution in [-0.4, -0.2) is 64.1 Å². The number of benzene rings is 2. The molecule has 0 aromatic heterocycles. The summed E-state index contributed by atoms with van der Waals surface area (Å²) in [5.41, 5.74) is 0.852. The maximum atomic E-state index is 12.7. The van der Waals surface area contributed by atoms with Gasteiger partial charge < -0.3 is 19.5 Å². The van der Waals surface area contributed by atoms with Crippen LogP contribution in [0.1, 0.15) is 17.3 Å². The van der Waals surface area contributed by atoms with Gasteiger partial charge in [-0.2, -0.15) is 4.31 Å². The summed E-state index contributed by atoms with van der Waals surface area (Å²) in [5.74, 6) is -0.710. The molecule has 0 aliphatic carbocycles. The molecule has 2 aromatic carbocycles. The summed E-state index contributed by atoms with van der Waals surface area (Å²) in [7, 11) is -3.69. The lowest BCUT2D eigenvalue weighted by Crippen LogP contribution is -2.40. The number of anilines is 1. The minimum atomic E-state index is -3.69. The van der Waals surface area contributed by atoms with Crippen molar-refractivity contribution >= 4 is 39.2 Å². The monoisotopic (exact) mass is 482 g/mol. The predicted molar refractivity (Wildman–Crippen MR) is 118 cm³/mol. The van der Waals surface area contributed by atoms with Gasteiger partial charge in [0, 0.05) is 18.8 Å². The SMILES string of the molecule is CCOC(=O)c1ccc(NC(=O)COc2ccc(S(=O)(=O)N3CCOCC3)cc2Cl)cc1. The first-order chi connectivity index (χ1) is 15.3. The summed E-state index contributed by atoms with van der Waals surface area (Å²) in [5, 5.41) is 2.71. The van der Waals surface area contributed by atoms with E-state index in [0.29, 0.717) is 24.5 Å². The number of amides is 1. The number of nitrogens with zero attached hydrogens (tertiary/aromatic N) is 1. The second-order valence-electron chi connectivity index (χ2n) is 6.74. The van der Waals surface area contributed by atoms with Gasteiger partial charge in [0.05, 0.1) is 35.3 Å². The first-order valence-electron chi connectivity index (χ1n) is 9.88. The third-order valence-electron chi connectivity index (χ3n) is 4.55. The summed E-state index contributed by atoms with van der Waals surface area (Å²) in [6.45, 7) is 2.89. The number of rotatable bonds is 8. The van der Waals surface area contributed by atoms with E-state index in [1.807, 2.05) is 0 Å². The maximum absolute atomic E-state index is 12.7. The molecule has 0 saturated carbocycles. The van der Waals surface area contributed by atoms with Crippen LogP contribution in [0.4, 0.5) is 5.69 Å². The van der Waals surface area contributed by atoms with Gasteiger partial charge in [-0.05, 0) is 49.4 Å². The Kier molecular flexibility index (Phi) is 8.08. The zero-order chi connectivity index (χ0) is 23.1. The highest BCUT2D eigenvalue weighted by atomic mass is 35.5. The second-order valence-corrected chi connectivity index (χ2v) is 9.09. The van der Waals surface area contributed by atoms with Gasteiger partial charge in [0.2, 0.25) is 10.0 Å². The highest BCUT2D eigenvalue weighted by Crippen LogP contribution is 2.29. The van der Waals surface area contributed by atoms with Crippen LogP contribution in [0.3, 0.4) is 0 Å². The number of nitrogens with one attached hydrogen (secondary N) is 1. The zero-order valence-electron chi connectivity index (χ0n) is 17.4. The van der Waals surface area contributed by atoms with Crippen molar-refractivity contribution in [3.63, 3.8) is 0 Å². The van der Waals surface area contributed by atoms with Crippen LogP contribution < -0.4 is 10.1 Å². The molecule has 32 heavy (non-hydrogen) atoms. The first kappa shape index (κ1) is 24.0. The van der Waals surface area contributed by atoms with E-state index in [1.54, 1.807) is 31.2 Å². The Morgan fingerprint density at radius 3 is 2.44 bits per heavy atom. The molecule has 172 valence electrons. The van der Waals surface area contributed by atoms with Crippen LogP contribution in [0.25, 0.3) is 0 Å². The second kappa shape index (κ2) is 10.8. The maximum Gasteiger partial charge on any atom is 0.338 e. The Hall–Kier alpha value is -2.66. The van der Waals surface area contributed by atoms with Gasteiger partial charge >= 0.3 is 5.97 Å². The van der Waals surface area contributed by atoms with Crippen molar-refractivity contribution in [1.29, 1.82) is 0 Å². The van der Waals surface area contributed by atoms with Crippen LogP contribution in [0.2, 0.25) is 5.02 Å². The largest absolute Gasteiger partial charge is 0.482 e. The molecule has 1 aliphatic heterocycles.